The van der Waals surface area contributed by atoms with Gasteiger partial charge in [0.15, 0.2) is 0 Å². The summed E-state index contributed by atoms with van der Waals surface area (Å²) < 4.78 is 0. The lowest BCUT2D eigenvalue weighted by molar-refractivity contribution is -0.0154. The van der Waals surface area contributed by atoms with Gasteiger partial charge in [-0.15, -0.1) is 0 Å². The summed E-state index contributed by atoms with van der Waals surface area (Å²) in [6.07, 6.45) is 3.72. The lowest BCUT2D eigenvalue weighted by atomic mass is 10.1. The molecule has 4 heteroatoms. The Morgan fingerprint density at radius 3 is 3.10 bits per heavy atom. The Hall–Kier alpha value is -1.49. The highest BCUT2D eigenvalue weighted by molar-refractivity contribution is 5.81. The van der Waals surface area contributed by atoms with Crippen LogP contribution in [0.3, 0.4) is 0 Å². The minimum atomic E-state index is 0.548. The Labute approximate surface area is 125 Å². The topological polar surface area (TPSA) is 31.4 Å². The number of hydrogen-bond acceptors (Lipinski definition) is 4. The highest BCUT2D eigenvalue weighted by atomic mass is 15.4. The Morgan fingerprint density at radius 1 is 1.14 bits per heavy atom. The lowest BCUT2D eigenvalue weighted by Crippen LogP contribution is -2.62. The fourth-order valence-corrected chi connectivity index (χ4v) is 3.68. The monoisotopic (exact) mass is 282 g/mol. The smallest absolute Gasteiger partial charge is 0.0754 e. The molecule has 4 nitrogen and oxygen atoms in total. The van der Waals surface area contributed by atoms with Crippen molar-refractivity contribution in [2.45, 2.75) is 19.1 Å². The molecule has 1 atom stereocenters. The van der Waals surface area contributed by atoms with Crippen LogP contribution >= 0.6 is 0 Å². The molecule has 1 unspecified atom stereocenters. The Morgan fingerprint density at radius 2 is 2.10 bits per heavy atom. The highest BCUT2D eigenvalue weighted by Gasteiger charge is 2.31. The van der Waals surface area contributed by atoms with E-state index in [0.29, 0.717) is 6.17 Å². The molecule has 2 saturated heterocycles. The fraction of sp³-hybridized carbons (Fsp3) is 0.471. The lowest BCUT2D eigenvalue weighted by Gasteiger charge is -2.46. The van der Waals surface area contributed by atoms with Crippen LogP contribution in [0.2, 0.25) is 0 Å². The zero-order valence-corrected chi connectivity index (χ0v) is 12.3. The van der Waals surface area contributed by atoms with E-state index in [0.717, 1.165) is 25.2 Å². The van der Waals surface area contributed by atoms with Gasteiger partial charge in [-0.1, -0.05) is 24.3 Å². The minimum Gasteiger partial charge on any atom is -0.313 e. The van der Waals surface area contributed by atoms with Crippen molar-refractivity contribution in [2.24, 2.45) is 0 Å². The average Bonchev–Trinajstić information content (AvgIpc) is 2.56. The predicted molar refractivity (Wildman–Crippen MR) is 85.0 cm³/mol. The third kappa shape index (κ3) is 2.55. The molecule has 4 rings (SSSR count). The minimum absolute atomic E-state index is 0.548. The van der Waals surface area contributed by atoms with Crippen molar-refractivity contribution in [1.82, 2.24) is 20.1 Å². The molecule has 21 heavy (non-hydrogen) atoms. The van der Waals surface area contributed by atoms with Crippen molar-refractivity contribution in [2.75, 3.05) is 32.7 Å². The predicted octanol–water partition coefficient (Wildman–Crippen LogP) is 1.67. The fourth-order valence-electron chi connectivity index (χ4n) is 3.68. The van der Waals surface area contributed by atoms with Gasteiger partial charge in [0.1, 0.15) is 0 Å². The zero-order chi connectivity index (χ0) is 14.1. The maximum absolute atomic E-state index is 4.59. The van der Waals surface area contributed by atoms with Gasteiger partial charge >= 0.3 is 0 Å². The first-order valence-electron chi connectivity index (χ1n) is 7.93. The molecular weight excluding hydrogens is 260 g/mol. The van der Waals surface area contributed by atoms with Gasteiger partial charge in [-0.2, -0.15) is 0 Å². The number of hydrogen-bond donors (Lipinski definition) is 1. The van der Waals surface area contributed by atoms with Gasteiger partial charge in [0.25, 0.3) is 0 Å². The SMILES string of the molecule is c1cnc2c(CN3CCCN4CCNCC43)cccc2c1. The normalized spacial score (nSPS) is 24.1. The molecule has 2 fully saturated rings. The van der Waals surface area contributed by atoms with Crippen molar-refractivity contribution >= 4 is 10.9 Å². The maximum atomic E-state index is 4.59. The van der Waals surface area contributed by atoms with E-state index in [1.165, 1.54) is 37.0 Å². The molecular formula is C17H22N4. The van der Waals surface area contributed by atoms with Crippen LogP contribution in [0.1, 0.15) is 12.0 Å². The van der Waals surface area contributed by atoms with Crippen molar-refractivity contribution in [1.29, 1.82) is 0 Å². The molecule has 1 aromatic carbocycles. The Bertz CT molecular complexity index is 620. The van der Waals surface area contributed by atoms with Crippen molar-refractivity contribution in [3.05, 3.63) is 42.1 Å². The second-order valence-electron chi connectivity index (χ2n) is 6.04. The summed E-state index contributed by atoms with van der Waals surface area (Å²) >= 11 is 0. The van der Waals surface area contributed by atoms with Crippen LogP contribution < -0.4 is 5.32 Å². The van der Waals surface area contributed by atoms with Gasteiger partial charge in [0.2, 0.25) is 0 Å². The van der Waals surface area contributed by atoms with Crippen LogP contribution in [0, 0.1) is 0 Å². The summed E-state index contributed by atoms with van der Waals surface area (Å²) in [4.78, 5) is 9.83. The average molecular weight is 282 g/mol. The highest BCUT2D eigenvalue weighted by Crippen LogP contribution is 2.22. The summed E-state index contributed by atoms with van der Waals surface area (Å²) in [7, 11) is 0. The van der Waals surface area contributed by atoms with Gasteiger partial charge in [-0.25, -0.2) is 0 Å². The van der Waals surface area contributed by atoms with Crippen LogP contribution in [-0.4, -0.2) is 53.7 Å². The largest absolute Gasteiger partial charge is 0.313 e. The summed E-state index contributed by atoms with van der Waals surface area (Å²) in [5.74, 6) is 0. The number of benzene rings is 1. The summed E-state index contributed by atoms with van der Waals surface area (Å²) in [6, 6.07) is 10.7. The number of para-hydroxylation sites is 1. The van der Waals surface area contributed by atoms with E-state index in [1.807, 2.05) is 12.3 Å². The van der Waals surface area contributed by atoms with Gasteiger partial charge in [0, 0.05) is 50.9 Å². The second-order valence-corrected chi connectivity index (χ2v) is 6.04. The van der Waals surface area contributed by atoms with Crippen molar-refractivity contribution < 1.29 is 0 Å². The quantitative estimate of drug-likeness (QED) is 0.908. The van der Waals surface area contributed by atoms with E-state index < -0.39 is 0 Å². The van der Waals surface area contributed by atoms with E-state index in [2.05, 4.69) is 44.4 Å². The van der Waals surface area contributed by atoms with Gasteiger partial charge < -0.3 is 5.32 Å². The van der Waals surface area contributed by atoms with E-state index in [-0.39, 0.29) is 0 Å². The molecule has 0 radical (unpaired) electrons. The molecule has 1 aromatic heterocycles. The first-order valence-corrected chi connectivity index (χ1v) is 7.93. The van der Waals surface area contributed by atoms with E-state index in [4.69, 9.17) is 0 Å². The number of pyridine rings is 1. The van der Waals surface area contributed by atoms with E-state index >= 15 is 0 Å². The third-order valence-corrected chi connectivity index (χ3v) is 4.73. The van der Waals surface area contributed by atoms with Crippen LogP contribution in [0.5, 0.6) is 0 Å². The van der Waals surface area contributed by atoms with Gasteiger partial charge in [-0.05, 0) is 18.1 Å². The van der Waals surface area contributed by atoms with Crippen molar-refractivity contribution in [3.63, 3.8) is 0 Å². The maximum Gasteiger partial charge on any atom is 0.0754 e. The first-order chi connectivity index (χ1) is 10.4. The Balaban J connectivity index is 1.61. The molecule has 3 heterocycles. The standard InChI is InChI=1S/C17H22N4/c1-4-14-6-2-7-19-17(14)15(5-1)13-21-10-3-9-20-11-8-18-12-16(20)21/h1-2,4-7,16,18H,3,8-13H2. The molecule has 0 amide bonds. The zero-order valence-electron chi connectivity index (χ0n) is 12.3. The molecule has 110 valence electrons. The van der Waals surface area contributed by atoms with Crippen LogP contribution in [-0.2, 0) is 6.54 Å². The van der Waals surface area contributed by atoms with Gasteiger partial charge in [-0.3, -0.25) is 14.8 Å². The number of aromatic nitrogens is 1. The molecule has 0 bridgehead atoms. The molecule has 0 spiro atoms. The van der Waals surface area contributed by atoms with Crippen LogP contribution in [0.4, 0.5) is 0 Å². The molecule has 2 aromatic rings. The summed E-state index contributed by atoms with van der Waals surface area (Å²) in [5, 5.41) is 4.78. The van der Waals surface area contributed by atoms with E-state index in [1.54, 1.807) is 0 Å². The van der Waals surface area contributed by atoms with Crippen LogP contribution in [0.25, 0.3) is 10.9 Å². The second kappa shape index (κ2) is 5.72. The number of nitrogens with zero attached hydrogens (tertiary/aromatic N) is 3. The molecule has 1 N–H and O–H groups in total. The summed E-state index contributed by atoms with van der Waals surface area (Å²) in [6.45, 7) is 6.81. The molecule has 0 saturated carbocycles. The first kappa shape index (κ1) is 13.2. The number of fused-ring (bicyclic) bond motifs is 2. The number of nitrogens with one attached hydrogen (secondary N) is 1. The molecule has 2 aliphatic rings. The van der Waals surface area contributed by atoms with Crippen LogP contribution in [0.15, 0.2) is 36.5 Å². The van der Waals surface area contributed by atoms with Crippen molar-refractivity contribution in [3.8, 4) is 0 Å². The molecule has 2 aliphatic heterocycles. The molecule has 0 aliphatic carbocycles. The summed E-state index contributed by atoms with van der Waals surface area (Å²) in [5.41, 5.74) is 2.50. The van der Waals surface area contributed by atoms with Gasteiger partial charge in [0.05, 0.1) is 11.7 Å². The Kier molecular flexibility index (Phi) is 3.59. The number of piperazine rings is 1. The van der Waals surface area contributed by atoms with E-state index in [9.17, 15) is 0 Å². The third-order valence-electron chi connectivity index (χ3n) is 4.73. The number of rotatable bonds is 2.